The Morgan fingerprint density at radius 1 is 1.13 bits per heavy atom. The van der Waals surface area contributed by atoms with Crippen molar-refractivity contribution in [2.75, 3.05) is 25.6 Å². The number of hydrogen-bond acceptors (Lipinski definition) is 6. The first-order chi connectivity index (χ1) is 15.0. The first kappa shape index (κ1) is 20.7. The highest BCUT2D eigenvalue weighted by molar-refractivity contribution is 6.20. The van der Waals surface area contributed by atoms with E-state index in [2.05, 4.69) is 11.4 Å². The van der Waals surface area contributed by atoms with Gasteiger partial charge < -0.3 is 19.7 Å². The van der Waals surface area contributed by atoms with E-state index in [0.29, 0.717) is 5.69 Å². The largest absolute Gasteiger partial charge is 0.470 e. The Balaban J connectivity index is 1.41. The molecule has 2 aromatic rings. The lowest BCUT2D eigenvalue weighted by molar-refractivity contribution is -0.150. The number of benzene rings is 2. The van der Waals surface area contributed by atoms with Crippen molar-refractivity contribution < 1.29 is 23.9 Å². The van der Waals surface area contributed by atoms with Crippen LogP contribution in [0.5, 0.6) is 0 Å². The highest BCUT2D eigenvalue weighted by atomic mass is 16.5. The number of ketones is 1. The van der Waals surface area contributed by atoms with Crippen molar-refractivity contribution in [3.63, 3.8) is 0 Å². The summed E-state index contributed by atoms with van der Waals surface area (Å²) in [6.45, 7) is -0.685. The van der Waals surface area contributed by atoms with Gasteiger partial charge in [0.1, 0.15) is 0 Å². The van der Waals surface area contributed by atoms with Crippen molar-refractivity contribution in [3.05, 3.63) is 77.2 Å². The summed E-state index contributed by atoms with van der Waals surface area (Å²) in [5.41, 5.74) is 2.84. The normalized spacial score (nSPS) is 17.6. The monoisotopic (exact) mass is 420 g/mol. The van der Waals surface area contributed by atoms with E-state index in [-0.39, 0.29) is 30.0 Å². The molecule has 31 heavy (non-hydrogen) atoms. The summed E-state index contributed by atoms with van der Waals surface area (Å²) in [6.07, 6.45) is 2.85. The Hall–Kier alpha value is -3.61. The first-order valence-corrected chi connectivity index (χ1v) is 10.3. The summed E-state index contributed by atoms with van der Waals surface area (Å²) < 4.78 is 10.5. The third-order valence-electron chi connectivity index (χ3n) is 5.61. The number of para-hydroxylation sites is 1. The first-order valence-electron chi connectivity index (χ1n) is 10.3. The number of hydrogen-bond donors (Lipinski definition) is 1. The summed E-state index contributed by atoms with van der Waals surface area (Å²) in [7, 11) is 1.72. The van der Waals surface area contributed by atoms with Crippen LogP contribution in [-0.2, 0) is 30.3 Å². The van der Waals surface area contributed by atoms with Crippen molar-refractivity contribution >= 4 is 23.3 Å². The molecule has 4 rings (SSSR count). The molecule has 0 radical (unpaired) electrons. The molecular weight excluding hydrogens is 396 g/mol. The zero-order valence-electron chi connectivity index (χ0n) is 17.3. The molecule has 0 bridgehead atoms. The van der Waals surface area contributed by atoms with E-state index in [9.17, 15) is 14.4 Å². The molecule has 0 aromatic heterocycles. The van der Waals surface area contributed by atoms with Gasteiger partial charge in [0.05, 0.1) is 6.04 Å². The summed E-state index contributed by atoms with van der Waals surface area (Å²) in [5.74, 6) is -1.63. The van der Waals surface area contributed by atoms with Crippen molar-refractivity contribution in [3.8, 4) is 0 Å². The number of ether oxygens (including phenoxy) is 2. The summed E-state index contributed by atoms with van der Waals surface area (Å²) >= 11 is 0. The predicted octanol–water partition coefficient (Wildman–Crippen LogP) is 2.99. The van der Waals surface area contributed by atoms with Crippen molar-refractivity contribution in [1.29, 1.82) is 0 Å². The number of carbonyl (C=O) groups is 3. The van der Waals surface area contributed by atoms with E-state index in [0.717, 1.165) is 24.8 Å². The Morgan fingerprint density at radius 3 is 2.68 bits per heavy atom. The number of aryl methyl sites for hydroxylation is 1. The molecule has 7 nitrogen and oxygen atoms in total. The number of fused-ring (bicyclic) bond motifs is 1. The minimum atomic E-state index is -0.869. The molecule has 0 saturated heterocycles. The molecule has 1 aliphatic heterocycles. The maximum absolute atomic E-state index is 12.7. The second-order valence-electron chi connectivity index (χ2n) is 7.59. The maximum atomic E-state index is 12.7. The second kappa shape index (κ2) is 9.04. The van der Waals surface area contributed by atoms with Gasteiger partial charge in [-0.1, -0.05) is 42.5 Å². The molecule has 1 aliphatic carbocycles. The van der Waals surface area contributed by atoms with Crippen LogP contribution in [0.2, 0.25) is 0 Å². The van der Waals surface area contributed by atoms with Gasteiger partial charge in [0.25, 0.3) is 5.91 Å². The van der Waals surface area contributed by atoms with Gasteiger partial charge in [-0.25, -0.2) is 4.79 Å². The lowest BCUT2D eigenvalue weighted by Gasteiger charge is -2.33. The van der Waals surface area contributed by atoms with Crippen LogP contribution in [0.25, 0.3) is 0 Å². The average Bonchev–Trinajstić information content (AvgIpc) is 3.16. The molecule has 0 spiro atoms. The zero-order chi connectivity index (χ0) is 21.8. The maximum Gasteiger partial charge on any atom is 0.347 e. The third kappa shape index (κ3) is 4.45. The van der Waals surface area contributed by atoms with Crippen LogP contribution in [0, 0.1) is 0 Å². The lowest BCUT2D eigenvalue weighted by Crippen LogP contribution is -2.36. The molecule has 1 amide bonds. The fraction of sp³-hybridized carbons (Fsp3) is 0.292. The van der Waals surface area contributed by atoms with Crippen LogP contribution in [0.4, 0.5) is 5.69 Å². The molecule has 160 valence electrons. The van der Waals surface area contributed by atoms with E-state index in [4.69, 9.17) is 9.47 Å². The molecular formula is C24H24N2O5. The summed E-state index contributed by atoms with van der Waals surface area (Å²) in [5, 5.41) is 2.92. The van der Waals surface area contributed by atoms with Gasteiger partial charge in [-0.2, -0.15) is 0 Å². The zero-order valence-corrected chi connectivity index (χ0v) is 17.3. The molecule has 1 N–H and O–H groups in total. The number of anilines is 1. The molecule has 0 saturated carbocycles. The van der Waals surface area contributed by atoms with Gasteiger partial charge in [-0.05, 0) is 42.5 Å². The van der Waals surface area contributed by atoms with Gasteiger partial charge in [0.15, 0.2) is 18.8 Å². The molecule has 2 aliphatic rings. The van der Waals surface area contributed by atoms with E-state index in [1.807, 2.05) is 36.4 Å². The number of esters is 1. The van der Waals surface area contributed by atoms with Gasteiger partial charge in [0.2, 0.25) is 11.7 Å². The molecule has 1 atom stereocenters. The van der Waals surface area contributed by atoms with Crippen LogP contribution in [0.1, 0.15) is 30.0 Å². The van der Waals surface area contributed by atoms with Gasteiger partial charge in [-0.15, -0.1) is 0 Å². The fourth-order valence-electron chi connectivity index (χ4n) is 3.97. The number of Topliss-reactive ketones (excluding diaryl/α,β-unsaturated/α-hetero) is 1. The van der Waals surface area contributed by atoms with E-state index in [1.54, 1.807) is 24.1 Å². The van der Waals surface area contributed by atoms with Crippen LogP contribution >= 0.6 is 0 Å². The highest BCUT2D eigenvalue weighted by Crippen LogP contribution is 2.33. The van der Waals surface area contributed by atoms with E-state index < -0.39 is 18.4 Å². The van der Waals surface area contributed by atoms with Crippen LogP contribution < -0.4 is 5.32 Å². The highest BCUT2D eigenvalue weighted by Gasteiger charge is 2.33. The van der Waals surface area contributed by atoms with E-state index >= 15 is 0 Å². The summed E-state index contributed by atoms with van der Waals surface area (Å²) in [6, 6.07) is 17.1. The Labute approximate surface area is 180 Å². The smallest absolute Gasteiger partial charge is 0.347 e. The topological polar surface area (TPSA) is 84.9 Å². The number of rotatable bonds is 6. The number of carbonyl (C=O) groups excluding carboxylic acids is 3. The molecule has 1 heterocycles. The minimum Gasteiger partial charge on any atom is -0.470 e. The van der Waals surface area contributed by atoms with Crippen molar-refractivity contribution in [1.82, 2.24) is 4.90 Å². The Morgan fingerprint density at radius 2 is 1.87 bits per heavy atom. The Kier molecular flexibility index (Phi) is 6.02. The van der Waals surface area contributed by atoms with Crippen molar-refractivity contribution in [2.45, 2.75) is 25.3 Å². The standard InChI is InChI=1S/C24H24N2O5/c1-26(19-13-7-9-16-8-5-6-12-18(16)19)21(28)15-31-24(29)22-20(27)14-30-23(22)25-17-10-3-2-4-11-17/h2-6,8,10-12,19,25H,7,9,13-15H2,1H3/t19-/m0/s1. The number of likely N-dealkylation sites (N-methyl/N-ethyl adjacent to an activating group) is 1. The number of amides is 1. The van der Waals surface area contributed by atoms with Gasteiger partial charge in [-0.3, -0.25) is 9.59 Å². The minimum absolute atomic E-state index is 0.0446. The SMILES string of the molecule is CN(C(=O)COC(=O)C1=C(Nc2ccccc2)OCC1=O)[C@H]1CCCc2ccccc21. The van der Waals surface area contributed by atoms with E-state index in [1.165, 1.54) is 5.56 Å². The summed E-state index contributed by atoms with van der Waals surface area (Å²) in [4.78, 5) is 39.1. The van der Waals surface area contributed by atoms with Crippen LogP contribution in [0.15, 0.2) is 66.1 Å². The molecule has 0 fully saturated rings. The second-order valence-corrected chi connectivity index (χ2v) is 7.59. The predicted molar refractivity (Wildman–Crippen MR) is 114 cm³/mol. The number of nitrogens with zero attached hydrogens (tertiary/aromatic N) is 1. The van der Waals surface area contributed by atoms with Crippen LogP contribution in [-0.4, -0.2) is 42.8 Å². The van der Waals surface area contributed by atoms with Gasteiger partial charge >= 0.3 is 5.97 Å². The lowest BCUT2D eigenvalue weighted by atomic mass is 9.87. The average molecular weight is 420 g/mol. The number of nitrogens with one attached hydrogen (secondary N) is 1. The molecule has 0 unspecified atom stereocenters. The fourth-order valence-corrected chi connectivity index (χ4v) is 3.97. The Bertz CT molecular complexity index is 1030. The van der Waals surface area contributed by atoms with Gasteiger partial charge in [0, 0.05) is 12.7 Å². The molecule has 7 heteroatoms. The third-order valence-corrected chi connectivity index (χ3v) is 5.61. The van der Waals surface area contributed by atoms with Crippen LogP contribution in [0.3, 0.4) is 0 Å². The molecule has 2 aromatic carbocycles. The van der Waals surface area contributed by atoms with Crippen molar-refractivity contribution in [2.24, 2.45) is 0 Å². The quantitative estimate of drug-likeness (QED) is 0.571.